The molecular weight excluding hydrogens is 668 g/mol. The predicted molar refractivity (Wildman–Crippen MR) is 193 cm³/mol. The van der Waals surface area contributed by atoms with Crippen molar-refractivity contribution >= 4 is 33.4 Å². The number of hydrogen-bond donors (Lipinski definition) is 0. The van der Waals surface area contributed by atoms with Crippen LogP contribution in [0.15, 0.2) is 134 Å². The van der Waals surface area contributed by atoms with E-state index < -0.39 is 22.5 Å². The van der Waals surface area contributed by atoms with Crippen molar-refractivity contribution in [3.05, 3.63) is 156 Å². The van der Waals surface area contributed by atoms with Gasteiger partial charge in [-0.25, -0.2) is 24.2 Å². The van der Waals surface area contributed by atoms with Crippen LogP contribution in [0.2, 0.25) is 0 Å². The van der Waals surface area contributed by atoms with Gasteiger partial charge in [0.15, 0.2) is 16.8 Å². The van der Waals surface area contributed by atoms with E-state index in [0.29, 0.717) is 6.42 Å². The molecule has 52 heavy (non-hydrogen) atoms. The molecule has 5 heterocycles. The van der Waals surface area contributed by atoms with E-state index in [4.69, 9.17) is 22.4 Å². The molecule has 0 spiro atoms. The van der Waals surface area contributed by atoms with Crippen molar-refractivity contribution < 1.29 is 22.4 Å². The van der Waals surface area contributed by atoms with Crippen LogP contribution in [-0.2, 0) is 0 Å². The summed E-state index contributed by atoms with van der Waals surface area (Å²) in [6.07, 6.45) is 0.656. The van der Waals surface area contributed by atoms with E-state index in [1.54, 1.807) is 6.92 Å². The lowest BCUT2D eigenvalue weighted by Gasteiger charge is -2.39. The van der Waals surface area contributed by atoms with E-state index in [2.05, 4.69) is 68.3 Å². The quantitative estimate of drug-likeness (QED) is 0.197. The second-order valence-electron chi connectivity index (χ2n) is 12.2. The molecule has 2 bridgehead atoms. The molecule has 0 atom stereocenters. The summed E-state index contributed by atoms with van der Waals surface area (Å²) < 4.78 is 27.8. The number of benzene rings is 3. The molecule has 0 N–H and O–H groups in total. The summed E-state index contributed by atoms with van der Waals surface area (Å²) in [4.78, 5) is 63.9. The first-order valence-electron chi connectivity index (χ1n) is 16.8. The van der Waals surface area contributed by atoms with Gasteiger partial charge in [-0.1, -0.05) is 60.7 Å². The highest BCUT2D eigenvalue weighted by molar-refractivity contribution is 6.03. The zero-order valence-corrected chi connectivity index (χ0v) is 28.2. The first kappa shape index (κ1) is 34.3. The van der Waals surface area contributed by atoms with Crippen LogP contribution in [-0.4, -0.2) is 59.1 Å². The molecule has 13 nitrogen and oxygen atoms in total. The number of ether oxygens (including phenoxy) is 1. The van der Waals surface area contributed by atoms with Gasteiger partial charge in [-0.3, -0.25) is 4.90 Å². The van der Waals surface area contributed by atoms with Gasteiger partial charge in [-0.15, -0.1) is 0 Å². The Hall–Kier alpha value is -6.18. The number of rotatable bonds is 8. The second-order valence-corrected chi connectivity index (χ2v) is 12.2. The Morgan fingerprint density at radius 2 is 1.19 bits per heavy atom. The molecule has 4 aromatic heterocycles. The Labute approximate surface area is 295 Å². The van der Waals surface area contributed by atoms with Crippen molar-refractivity contribution in [1.82, 2.24) is 19.8 Å². The minimum atomic E-state index is -0.994. The number of aryl methyl sites for hydroxylation is 1. The molecular formula is C39H34N4O9. The van der Waals surface area contributed by atoms with E-state index in [9.17, 15) is 19.2 Å². The predicted octanol–water partition coefficient (Wildman–Crippen LogP) is 4.92. The number of nitrogens with zero attached hydrogens (tertiary/aromatic N) is 4. The van der Waals surface area contributed by atoms with Crippen LogP contribution < -0.4 is 27.2 Å². The summed E-state index contributed by atoms with van der Waals surface area (Å²) in [5.41, 5.74) is -1.63. The minimum Gasteiger partial charge on any atom is -0.475 e. The van der Waals surface area contributed by atoms with Crippen LogP contribution in [0.5, 0.6) is 5.88 Å². The van der Waals surface area contributed by atoms with Gasteiger partial charge >= 0.3 is 22.5 Å². The van der Waals surface area contributed by atoms with Gasteiger partial charge in [0.05, 0.1) is 23.7 Å². The van der Waals surface area contributed by atoms with Crippen molar-refractivity contribution in [2.45, 2.75) is 19.4 Å². The fourth-order valence-electron chi connectivity index (χ4n) is 6.28. The van der Waals surface area contributed by atoms with E-state index in [-0.39, 0.29) is 57.6 Å². The topological polar surface area (TPSA) is 162 Å². The van der Waals surface area contributed by atoms with E-state index in [1.165, 1.54) is 23.3 Å². The van der Waals surface area contributed by atoms with Gasteiger partial charge in [-0.2, -0.15) is 4.98 Å². The fraction of sp³-hybridized carbons (Fsp3) is 0.231. The lowest BCUT2D eigenvalue weighted by Crippen LogP contribution is -2.48. The summed E-state index contributed by atoms with van der Waals surface area (Å²) in [6, 6.07) is 27.6. The Morgan fingerprint density at radius 3 is 1.81 bits per heavy atom. The van der Waals surface area contributed by atoms with Crippen LogP contribution in [0.4, 0.5) is 0 Å². The summed E-state index contributed by atoms with van der Waals surface area (Å²) >= 11 is 0. The van der Waals surface area contributed by atoms with Crippen LogP contribution in [0.25, 0.3) is 33.4 Å². The van der Waals surface area contributed by atoms with Gasteiger partial charge in [0, 0.05) is 57.0 Å². The van der Waals surface area contributed by atoms with E-state index in [0.717, 1.165) is 57.0 Å². The molecule has 0 amide bonds. The molecule has 13 heteroatoms. The summed E-state index contributed by atoms with van der Waals surface area (Å²) in [5.74, 6) is -0.00131. The number of hydrogen-bond acceptors (Lipinski definition) is 13. The van der Waals surface area contributed by atoms with Crippen molar-refractivity contribution in [1.29, 1.82) is 0 Å². The average molecular weight is 703 g/mol. The van der Waals surface area contributed by atoms with Crippen LogP contribution >= 0.6 is 0 Å². The summed E-state index contributed by atoms with van der Waals surface area (Å²) in [7, 11) is 0. The average Bonchev–Trinajstić information content (AvgIpc) is 3.14. The molecule has 0 aliphatic carbocycles. The van der Waals surface area contributed by atoms with Gasteiger partial charge in [0.25, 0.3) is 5.88 Å². The molecule has 1 saturated heterocycles. The summed E-state index contributed by atoms with van der Waals surface area (Å²) in [5, 5.41) is 0.127. The molecule has 0 radical (unpaired) electrons. The lowest BCUT2D eigenvalue weighted by atomic mass is 9.96. The number of piperazine rings is 1. The second kappa shape index (κ2) is 15.4. The van der Waals surface area contributed by atoms with Gasteiger partial charge in [0.1, 0.15) is 0 Å². The molecule has 264 valence electrons. The third kappa shape index (κ3) is 7.75. The Bertz CT molecular complexity index is 2520. The molecule has 7 aromatic rings. The smallest absolute Gasteiger partial charge is 0.336 e. The molecule has 1 aliphatic rings. The van der Waals surface area contributed by atoms with Crippen molar-refractivity contribution in [2.75, 3.05) is 39.3 Å². The molecule has 0 unspecified atom stereocenters. The third-order valence-corrected chi connectivity index (χ3v) is 8.71. The normalized spacial score (nSPS) is 13.7. The summed E-state index contributed by atoms with van der Waals surface area (Å²) in [6.45, 7) is 6.20. The van der Waals surface area contributed by atoms with Crippen LogP contribution in [0.1, 0.15) is 29.3 Å². The van der Waals surface area contributed by atoms with Gasteiger partial charge in [0.2, 0.25) is 11.2 Å². The van der Waals surface area contributed by atoms with Crippen molar-refractivity contribution in [2.24, 2.45) is 0 Å². The SMILES string of the molecule is Cc1nc2nc(OCCCN3CCN(C(c4ccccc4)c4ccccc4)CC3)c1oc(=O)ccc(=O)oc1c2ccc2oc(=O)ccc(=O)oc21. The molecule has 3 aromatic carbocycles. The van der Waals surface area contributed by atoms with E-state index in [1.807, 2.05) is 12.1 Å². The Morgan fingerprint density at radius 1 is 0.635 bits per heavy atom. The van der Waals surface area contributed by atoms with Crippen LogP contribution in [0.3, 0.4) is 0 Å². The molecule has 1 fully saturated rings. The minimum absolute atomic E-state index is 0.00131. The van der Waals surface area contributed by atoms with Gasteiger partial charge in [-0.05, 0) is 36.6 Å². The monoisotopic (exact) mass is 702 g/mol. The first-order chi connectivity index (χ1) is 25.3. The highest BCUT2D eigenvalue weighted by Crippen LogP contribution is 2.30. The van der Waals surface area contributed by atoms with Crippen molar-refractivity contribution in [3.63, 3.8) is 0 Å². The molecule has 8 rings (SSSR count). The third-order valence-electron chi connectivity index (χ3n) is 8.71. The Balaban J connectivity index is 1.14. The van der Waals surface area contributed by atoms with Gasteiger partial charge < -0.3 is 27.3 Å². The lowest BCUT2D eigenvalue weighted by molar-refractivity contribution is 0.105. The Kier molecular flexibility index (Phi) is 10.1. The maximum absolute atomic E-state index is 12.7. The zero-order valence-electron chi connectivity index (χ0n) is 28.2. The fourth-order valence-corrected chi connectivity index (χ4v) is 6.28. The standard InChI is InChI=1S/C39H34N4O9/c1-25-35-39(48-24-8-19-42-20-22-43(23-21-42)34(26-9-4-2-5-10-26)27-11-6-3-7-12-27)41-38(40-25)28-13-14-29-37(52-33(47)16-15-30(44)49-29)36(28)51-32(46)18-17-31(45)50-35/h2-7,9-18,34H,8,19-24H2,1H3. The first-order valence-corrected chi connectivity index (χ1v) is 16.8. The number of aromatic nitrogens is 2. The molecule has 0 saturated carbocycles. The highest BCUT2D eigenvalue weighted by Gasteiger charge is 2.26. The maximum Gasteiger partial charge on any atom is 0.336 e. The molecule has 1 aliphatic heterocycles. The van der Waals surface area contributed by atoms with Crippen LogP contribution in [0, 0.1) is 6.92 Å². The highest BCUT2D eigenvalue weighted by atomic mass is 16.5. The largest absolute Gasteiger partial charge is 0.475 e. The van der Waals surface area contributed by atoms with E-state index >= 15 is 0 Å². The van der Waals surface area contributed by atoms with Crippen molar-refractivity contribution in [3.8, 4) is 5.88 Å². The zero-order chi connectivity index (χ0) is 36.0. The maximum atomic E-state index is 12.7. The number of fused-ring (bicyclic) bond motifs is 8.